The SMILES string of the molecule is CC(C)(C)c1cc(C=Nc2ccccc2-c2nc3c(-c4ccc(-c5ccc6ccccc6c5)cc4)cc(C(C)(C)C)cc3o2)c(O)c(C(C)(C)C)c1. The molecule has 6 aromatic carbocycles. The Morgan fingerprint density at radius 3 is 1.88 bits per heavy atom. The molecule has 0 saturated carbocycles. The molecule has 0 radical (unpaired) electrons. The minimum Gasteiger partial charge on any atom is -0.507 e. The van der Waals surface area contributed by atoms with Crippen LogP contribution in [0.1, 0.15) is 84.6 Å². The Bertz CT molecular complexity index is 2460. The molecule has 0 spiro atoms. The van der Waals surface area contributed by atoms with Crippen molar-refractivity contribution in [1.82, 2.24) is 4.98 Å². The Balaban J connectivity index is 1.30. The average molecular weight is 685 g/mol. The molecule has 0 fully saturated rings. The van der Waals surface area contributed by atoms with E-state index in [4.69, 9.17) is 14.4 Å². The van der Waals surface area contributed by atoms with Gasteiger partial charge in [-0.25, -0.2) is 4.98 Å². The number of hydrogen-bond donors (Lipinski definition) is 1. The first-order valence-electron chi connectivity index (χ1n) is 18.1. The van der Waals surface area contributed by atoms with Crippen LogP contribution in [-0.2, 0) is 16.2 Å². The molecule has 4 nitrogen and oxygen atoms in total. The number of phenols is 1. The molecule has 4 heteroatoms. The summed E-state index contributed by atoms with van der Waals surface area (Å²) in [7, 11) is 0. The van der Waals surface area contributed by atoms with E-state index in [9.17, 15) is 5.11 Å². The van der Waals surface area contributed by atoms with Crippen LogP contribution in [0, 0.1) is 0 Å². The molecule has 7 rings (SSSR count). The number of aliphatic imine (C=N–C) groups is 1. The van der Waals surface area contributed by atoms with Crippen molar-refractivity contribution in [2.24, 2.45) is 4.99 Å². The number of benzene rings is 6. The summed E-state index contributed by atoms with van der Waals surface area (Å²) >= 11 is 0. The minimum atomic E-state index is -0.232. The van der Waals surface area contributed by atoms with Crippen molar-refractivity contribution in [3.8, 4) is 39.5 Å². The van der Waals surface area contributed by atoms with Gasteiger partial charge in [-0.15, -0.1) is 0 Å². The maximum atomic E-state index is 11.4. The molecule has 1 aromatic heterocycles. The summed E-state index contributed by atoms with van der Waals surface area (Å²) in [5.41, 5.74) is 11.0. The molecule has 0 aliphatic carbocycles. The molecule has 0 aliphatic heterocycles. The number of oxazole rings is 1. The van der Waals surface area contributed by atoms with Crippen LogP contribution in [0.25, 0.3) is 55.6 Å². The van der Waals surface area contributed by atoms with Gasteiger partial charge in [-0.1, -0.05) is 141 Å². The van der Waals surface area contributed by atoms with Crippen LogP contribution < -0.4 is 0 Å². The summed E-state index contributed by atoms with van der Waals surface area (Å²) in [6.07, 6.45) is 1.77. The summed E-state index contributed by atoms with van der Waals surface area (Å²) in [6, 6.07) is 40.3. The summed E-state index contributed by atoms with van der Waals surface area (Å²) in [5.74, 6) is 0.764. The number of rotatable bonds is 5. The van der Waals surface area contributed by atoms with E-state index in [2.05, 4.69) is 147 Å². The molecule has 0 aliphatic rings. The number of nitrogens with zero attached hydrogens (tertiary/aromatic N) is 2. The lowest BCUT2D eigenvalue weighted by Crippen LogP contribution is -2.17. The molecule has 52 heavy (non-hydrogen) atoms. The largest absolute Gasteiger partial charge is 0.507 e. The Kier molecular flexibility index (Phi) is 8.69. The zero-order valence-corrected chi connectivity index (χ0v) is 31.8. The van der Waals surface area contributed by atoms with Crippen molar-refractivity contribution in [2.45, 2.75) is 78.6 Å². The second-order valence-corrected chi connectivity index (χ2v) is 17.0. The van der Waals surface area contributed by atoms with Crippen LogP contribution in [0.15, 0.2) is 125 Å². The van der Waals surface area contributed by atoms with Crippen LogP contribution >= 0.6 is 0 Å². The molecule has 0 unspecified atom stereocenters. The van der Waals surface area contributed by atoms with Crippen molar-refractivity contribution >= 4 is 33.8 Å². The summed E-state index contributed by atoms with van der Waals surface area (Å²) in [6.45, 7) is 19.6. The fourth-order valence-electron chi connectivity index (χ4n) is 6.68. The van der Waals surface area contributed by atoms with E-state index in [1.54, 1.807) is 6.21 Å². The number of fused-ring (bicyclic) bond motifs is 2. The van der Waals surface area contributed by atoms with Gasteiger partial charge in [0.25, 0.3) is 0 Å². The van der Waals surface area contributed by atoms with Crippen LogP contribution in [0.3, 0.4) is 0 Å². The van der Waals surface area contributed by atoms with E-state index in [0.717, 1.165) is 38.9 Å². The highest BCUT2D eigenvalue weighted by atomic mass is 16.3. The molecule has 262 valence electrons. The highest BCUT2D eigenvalue weighted by molar-refractivity contribution is 5.95. The number of para-hydroxylation sites is 1. The van der Waals surface area contributed by atoms with E-state index in [1.165, 1.54) is 27.5 Å². The van der Waals surface area contributed by atoms with Crippen LogP contribution in [0.4, 0.5) is 5.69 Å². The third-order valence-corrected chi connectivity index (χ3v) is 9.93. The monoisotopic (exact) mass is 684 g/mol. The molecule has 0 atom stereocenters. The van der Waals surface area contributed by atoms with Gasteiger partial charge in [0.05, 0.1) is 11.3 Å². The predicted molar refractivity (Wildman–Crippen MR) is 219 cm³/mol. The van der Waals surface area contributed by atoms with Crippen molar-refractivity contribution in [3.63, 3.8) is 0 Å². The zero-order valence-electron chi connectivity index (χ0n) is 31.8. The van der Waals surface area contributed by atoms with Gasteiger partial charge in [-0.2, -0.15) is 0 Å². The van der Waals surface area contributed by atoms with E-state index >= 15 is 0 Å². The molecule has 7 aromatic rings. The topological polar surface area (TPSA) is 58.6 Å². The van der Waals surface area contributed by atoms with Crippen molar-refractivity contribution in [2.75, 3.05) is 0 Å². The van der Waals surface area contributed by atoms with Gasteiger partial charge < -0.3 is 9.52 Å². The first kappa shape index (κ1) is 34.9. The molecule has 0 amide bonds. The molecule has 0 bridgehead atoms. The lowest BCUT2D eigenvalue weighted by Gasteiger charge is -2.27. The van der Waals surface area contributed by atoms with E-state index < -0.39 is 0 Å². The summed E-state index contributed by atoms with van der Waals surface area (Å²) < 4.78 is 6.60. The highest BCUT2D eigenvalue weighted by Gasteiger charge is 2.25. The Hall–Kier alpha value is -5.48. The predicted octanol–water partition coefficient (Wildman–Crippen LogP) is 13.3. The lowest BCUT2D eigenvalue weighted by atomic mass is 9.79. The van der Waals surface area contributed by atoms with Gasteiger partial charge in [-0.05, 0) is 91.2 Å². The number of phenolic OH excluding ortho intramolecular Hbond substituents is 1. The van der Waals surface area contributed by atoms with E-state index in [0.29, 0.717) is 17.1 Å². The number of hydrogen-bond acceptors (Lipinski definition) is 4. The maximum absolute atomic E-state index is 11.4. The zero-order chi connectivity index (χ0) is 37.0. The molecular formula is C48H48N2O2. The summed E-state index contributed by atoms with van der Waals surface area (Å²) in [5, 5.41) is 13.9. The lowest BCUT2D eigenvalue weighted by molar-refractivity contribution is 0.444. The molecule has 1 heterocycles. The van der Waals surface area contributed by atoms with Gasteiger partial charge in [0, 0.05) is 22.9 Å². The standard InChI is InChI=1S/C48H48N2O2/c1-46(2,3)36-25-35(44(51)40(27-36)48(7,8)9)29-49-41-17-13-12-16-38(41)45-50-43-39(26-37(47(4,5)6)28-42(43)52-45)32-21-18-31(19-22-32)34-23-20-30-14-10-11-15-33(30)24-34/h10-29,51H,1-9H3. The highest BCUT2D eigenvalue weighted by Crippen LogP contribution is 2.41. The van der Waals surface area contributed by atoms with Crippen LogP contribution in [-0.4, -0.2) is 16.3 Å². The average Bonchev–Trinajstić information content (AvgIpc) is 3.54. The third-order valence-electron chi connectivity index (χ3n) is 9.93. The Labute approximate surface area is 307 Å². The molecule has 0 saturated heterocycles. The van der Waals surface area contributed by atoms with Crippen LogP contribution in [0.5, 0.6) is 5.75 Å². The van der Waals surface area contributed by atoms with Crippen molar-refractivity contribution in [1.29, 1.82) is 0 Å². The van der Waals surface area contributed by atoms with Gasteiger partial charge in [0.2, 0.25) is 5.89 Å². The number of aromatic nitrogens is 1. The first-order chi connectivity index (χ1) is 24.6. The fourth-order valence-corrected chi connectivity index (χ4v) is 6.68. The first-order valence-corrected chi connectivity index (χ1v) is 18.1. The second-order valence-electron chi connectivity index (χ2n) is 17.0. The second kappa shape index (κ2) is 12.9. The van der Waals surface area contributed by atoms with Crippen molar-refractivity contribution in [3.05, 3.63) is 138 Å². The van der Waals surface area contributed by atoms with Crippen molar-refractivity contribution < 1.29 is 9.52 Å². The van der Waals surface area contributed by atoms with E-state index in [1.807, 2.05) is 30.3 Å². The van der Waals surface area contributed by atoms with Gasteiger partial charge >= 0.3 is 0 Å². The quantitative estimate of drug-likeness (QED) is 0.184. The smallest absolute Gasteiger partial charge is 0.229 e. The van der Waals surface area contributed by atoms with Crippen LogP contribution in [0.2, 0.25) is 0 Å². The summed E-state index contributed by atoms with van der Waals surface area (Å²) in [4.78, 5) is 10.1. The maximum Gasteiger partial charge on any atom is 0.229 e. The van der Waals surface area contributed by atoms with E-state index in [-0.39, 0.29) is 22.0 Å². The Morgan fingerprint density at radius 2 is 1.19 bits per heavy atom. The molecule has 1 N–H and O–H groups in total. The van der Waals surface area contributed by atoms with Gasteiger partial charge in [0.15, 0.2) is 5.58 Å². The van der Waals surface area contributed by atoms with Gasteiger partial charge in [-0.3, -0.25) is 4.99 Å². The molecular weight excluding hydrogens is 637 g/mol. The van der Waals surface area contributed by atoms with Gasteiger partial charge in [0.1, 0.15) is 11.3 Å². The third kappa shape index (κ3) is 6.90. The Morgan fingerprint density at radius 1 is 0.577 bits per heavy atom. The minimum absolute atomic E-state index is 0.0905. The number of aromatic hydroxyl groups is 1. The fraction of sp³-hybridized carbons (Fsp3) is 0.250. The normalized spacial score (nSPS) is 12.7.